The Morgan fingerprint density at radius 2 is 1.42 bits per heavy atom. The Kier molecular flexibility index (Phi) is 8.24. The number of nitrogens with zero attached hydrogens (tertiary/aromatic N) is 3. The molecule has 5 heteroatoms. The predicted molar refractivity (Wildman–Crippen MR) is 52.7 cm³/mol. The Hall–Kier alpha value is -0.500. The van der Waals surface area contributed by atoms with Crippen molar-refractivity contribution < 1.29 is 0 Å². The molecule has 0 atom stereocenters. The van der Waals surface area contributed by atoms with Gasteiger partial charge in [-0.05, 0) is 22.0 Å². The van der Waals surface area contributed by atoms with Crippen LogP contribution in [-0.4, -0.2) is 39.1 Å². The van der Waals surface area contributed by atoms with Gasteiger partial charge in [-0.3, -0.25) is 0 Å². The van der Waals surface area contributed by atoms with Crippen LogP contribution in [0.2, 0.25) is 0 Å². The molecular weight excluding hydrogens is 286 g/mol. The predicted octanol–water partition coefficient (Wildman–Crippen LogP) is 0.703. The second kappa shape index (κ2) is 8.59. The fourth-order valence-electron chi connectivity index (χ4n) is 0.432. The van der Waals surface area contributed by atoms with Gasteiger partial charge in [0.2, 0.25) is 0 Å². The third kappa shape index (κ3) is 6.23. The van der Waals surface area contributed by atoms with E-state index in [0.717, 1.165) is 0 Å². The topological polar surface area (TPSA) is 38.7 Å². The van der Waals surface area contributed by atoms with Crippen LogP contribution in [0.5, 0.6) is 0 Å². The molecule has 0 unspecified atom stereocenters. The maximum atomic E-state index is 3.42. The summed E-state index contributed by atoms with van der Waals surface area (Å²) < 4.78 is 0. The fourth-order valence-corrected chi connectivity index (χ4v) is 0.885. The Bertz CT molecular complexity index is 204. The molecule has 0 aliphatic carbocycles. The van der Waals surface area contributed by atoms with Gasteiger partial charge in [0.1, 0.15) is 0 Å². The van der Waals surface area contributed by atoms with E-state index in [4.69, 9.17) is 0 Å². The Labute approximate surface area is 91.6 Å². The summed E-state index contributed by atoms with van der Waals surface area (Å²) in [5.41, 5.74) is 0. The molecule has 3 nitrogen and oxygen atoms in total. The van der Waals surface area contributed by atoms with Gasteiger partial charge in [-0.15, -0.1) is 10.2 Å². The fraction of sp³-hybridized carbons (Fsp3) is 0. The van der Waals surface area contributed by atoms with Gasteiger partial charge in [-0.1, -0.05) is 12.1 Å². The minimum atomic E-state index is 0. The molecule has 64 valence electrons. The molecule has 0 aliphatic rings. The van der Waals surface area contributed by atoms with Crippen molar-refractivity contribution in [2.45, 2.75) is 0 Å². The zero-order valence-corrected chi connectivity index (χ0v) is 9.96. The van der Waals surface area contributed by atoms with Crippen LogP contribution >= 0.6 is 11.3 Å². The first-order valence-corrected chi connectivity index (χ1v) is 4.00. The van der Waals surface area contributed by atoms with Gasteiger partial charge in [0, 0.05) is 0 Å². The quantitative estimate of drug-likeness (QED) is 0.672. The monoisotopic (exact) mass is 297 g/mol. The number of hydrogen-bond donors (Lipinski definition) is 0. The van der Waals surface area contributed by atoms with E-state index in [-0.39, 0.29) is 23.7 Å². The molecule has 0 aliphatic heterocycles. The van der Waals surface area contributed by atoms with E-state index in [0.29, 0.717) is 0 Å². The van der Waals surface area contributed by atoms with Crippen LogP contribution in [0.1, 0.15) is 0 Å². The molecular formula is C7H9N3STe. The van der Waals surface area contributed by atoms with Crippen molar-refractivity contribution in [3.8, 4) is 0 Å². The smallest absolute Gasteiger partial charge is 0.0529 e. The van der Waals surface area contributed by atoms with Crippen LogP contribution in [0, 0.1) is 0 Å². The van der Waals surface area contributed by atoms with Crippen LogP contribution in [-0.2, 0) is 0 Å². The molecule has 0 N–H and O–H groups in total. The first-order chi connectivity index (χ1) is 5.50. The number of aromatic nitrogens is 3. The van der Waals surface area contributed by atoms with E-state index in [1.807, 2.05) is 22.9 Å². The summed E-state index contributed by atoms with van der Waals surface area (Å²) in [5.74, 6) is 0. The molecule has 0 amide bonds. The Balaban J connectivity index is 0.000000189. The number of rotatable bonds is 0. The molecule has 2 aromatic heterocycles. The van der Waals surface area contributed by atoms with Gasteiger partial charge in [0.25, 0.3) is 0 Å². The second-order valence-electron chi connectivity index (χ2n) is 1.60. The van der Waals surface area contributed by atoms with Gasteiger partial charge in [0.05, 0.1) is 12.4 Å². The summed E-state index contributed by atoms with van der Waals surface area (Å²) in [6.07, 6.45) is 3.15. The number of thiophene rings is 1. The van der Waals surface area contributed by atoms with E-state index in [1.165, 1.54) is 0 Å². The van der Waals surface area contributed by atoms with Gasteiger partial charge in [-0.25, -0.2) is 0 Å². The maximum absolute atomic E-state index is 3.42. The Morgan fingerprint density at radius 1 is 0.833 bits per heavy atom. The summed E-state index contributed by atoms with van der Waals surface area (Å²) >= 11 is 1.71. The van der Waals surface area contributed by atoms with Crippen molar-refractivity contribution in [1.29, 1.82) is 0 Å². The standard InChI is InChI=1S/C4H4S.C3H3N3.H2Te/c1-2-4-5-3-1;1-2-4-6-5-3-1;/h1-4H;1-3H;1H2. The molecule has 0 bridgehead atoms. The van der Waals surface area contributed by atoms with Crippen LogP contribution < -0.4 is 0 Å². The third-order valence-corrected chi connectivity index (χ3v) is 1.46. The van der Waals surface area contributed by atoms with Gasteiger partial charge in [0.15, 0.2) is 0 Å². The first kappa shape index (κ1) is 11.5. The van der Waals surface area contributed by atoms with E-state index < -0.39 is 0 Å². The van der Waals surface area contributed by atoms with Crippen molar-refractivity contribution >= 4 is 35.0 Å². The van der Waals surface area contributed by atoms with Crippen molar-refractivity contribution in [3.05, 3.63) is 41.4 Å². The zero-order valence-electron chi connectivity index (χ0n) is 6.29. The van der Waals surface area contributed by atoms with Crippen LogP contribution in [0.25, 0.3) is 0 Å². The van der Waals surface area contributed by atoms with Crippen molar-refractivity contribution in [3.63, 3.8) is 0 Å². The summed E-state index contributed by atoms with van der Waals surface area (Å²) in [4.78, 5) is 0. The molecule has 0 saturated heterocycles. The summed E-state index contributed by atoms with van der Waals surface area (Å²) in [6, 6.07) is 5.75. The molecule has 0 aromatic carbocycles. The molecule has 0 spiro atoms. The van der Waals surface area contributed by atoms with E-state index in [2.05, 4.69) is 15.4 Å². The van der Waals surface area contributed by atoms with E-state index in [9.17, 15) is 0 Å². The molecule has 2 rings (SSSR count). The van der Waals surface area contributed by atoms with Gasteiger partial charge >= 0.3 is 23.7 Å². The van der Waals surface area contributed by atoms with Gasteiger partial charge in [-0.2, -0.15) is 11.3 Å². The van der Waals surface area contributed by atoms with Gasteiger partial charge < -0.3 is 0 Å². The molecule has 2 aromatic rings. The van der Waals surface area contributed by atoms with Crippen molar-refractivity contribution in [1.82, 2.24) is 15.4 Å². The minimum Gasteiger partial charge on any atom is -0.152 e. The Morgan fingerprint density at radius 3 is 1.58 bits per heavy atom. The second-order valence-corrected chi connectivity index (χ2v) is 2.42. The minimum absolute atomic E-state index is 0. The van der Waals surface area contributed by atoms with E-state index in [1.54, 1.807) is 29.8 Å². The number of hydrogen-bond acceptors (Lipinski definition) is 4. The average Bonchev–Trinajstić information content (AvgIpc) is 2.64. The molecule has 2 heterocycles. The van der Waals surface area contributed by atoms with E-state index >= 15 is 0 Å². The zero-order chi connectivity index (χ0) is 7.78. The van der Waals surface area contributed by atoms with Crippen LogP contribution in [0.3, 0.4) is 0 Å². The van der Waals surface area contributed by atoms with Crippen LogP contribution in [0.4, 0.5) is 0 Å². The molecule has 0 saturated carbocycles. The molecule has 12 heavy (non-hydrogen) atoms. The normalized spacial score (nSPS) is 7.33. The summed E-state index contributed by atoms with van der Waals surface area (Å²) in [5, 5.41) is 14.2. The maximum Gasteiger partial charge on any atom is 0.0529 e. The molecule has 0 fully saturated rings. The molecule has 0 radical (unpaired) electrons. The summed E-state index contributed by atoms with van der Waals surface area (Å²) in [6.45, 7) is 0. The van der Waals surface area contributed by atoms with Crippen molar-refractivity contribution in [2.75, 3.05) is 0 Å². The third-order valence-electron chi connectivity index (χ3n) is 0.834. The van der Waals surface area contributed by atoms with Crippen molar-refractivity contribution in [2.24, 2.45) is 0 Å². The first-order valence-electron chi connectivity index (χ1n) is 3.05. The SMILES string of the molecule is [TeH2].c1ccsc1.c1cnnnc1. The van der Waals surface area contributed by atoms with Crippen LogP contribution in [0.15, 0.2) is 41.4 Å². The largest absolute Gasteiger partial charge is 0.152 e. The average molecular weight is 295 g/mol. The summed E-state index contributed by atoms with van der Waals surface area (Å²) in [7, 11) is 0.